The van der Waals surface area contributed by atoms with Gasteiger partial charge >= 0.3 is 0 Å². The number of rotatable bonds is 4. The van der Waals surface area contributed by atoms with Gasteiger partial charge in [0.25, 0.3) is 0 Å². The van der Waals surface area contributed by atoms with Crippen LogP contribution in [0.15, 0.2) is 24.3 Å². The predicted octanol–water partition coefficient (Wildman–Crippen LogP) is 1.02. The van der Waals surface area contributed by atoms with Crippen LogP contribution in [0, 0.1) is 0 Å². The fourth-order valence-corrected chi connectivity index (χ4v) is 2.57. The van der Waals surface area contributed by atoms with Crippen LogP contribution in [0.4, 0.5) is 5.69 Å². The van der Waals surface area contributed by atoms with Gasteiger partial charge < -0.3 is 14.7 Å². The van der Waals surface area contributed by atoms with Crippen LogP contribution in [0.2, 0.25) is 0 Å². The number of nitrogens with zero attached hydrogens (tertiary/aromatic N) is 3. The van der Waals surface area contributed by atoms with Crippen LogP contribution >= 0.6 is 0 Å². The Balaban J connectivity index is 2.13. The molecule has 6 nitrogen and oxygen atoms in total. The largest absolute Gasteiger partial charge is 0.339 e. The normalized spacial score (nSPS) is 15.3. The van der Waals surface area contributed by atoms with Crippen LogP contribution < -0.4 is 4.90 Å². The molecule has 1 heterocycles. The topological polar surface area (TPSA) is 60.9 Å². The highest BCUT2D eigenvalue weighted by molar-refractivity contribution is 6.00. The van der Waals surface area contributed by atoms with Crippen molar-refractivity contribution in [3.8, 4) is 0 Å². The van der Waals surface area contributed by atoms with Gasteiger partial charge in [-0.2, -0.15) is 0 Å². The lowest BCUT2D eigenvalue weighted by atomic mass is 10.1. The Kier molecular flexibility index (Phi) is 5.50. The van der Waals surface area contributed by atoms with E-state index in [1.54, 1.807) is 29.2 Å². The number of hydrogen-bond acceptors (Lipinski definition) is 4. The highest BCUT2D eigenvalue weighted by atomic mass is 16.2. The first-order chi connectivity index (χ1) is 10.9. The molecule has 1 saturated heterocycles. The molecule has 1 aliphatic heterocycles. The Bertz CT molecular complexity index is 607. The lowest BCUT2D eigenvalue weighted by molar-refractivity contribution is -0.132. The first-order valence-corrected chi connectivity index (χ1v) is 7.74. The van der Waals surface area contributed by atoms with Crippen molar-refractivity contribution in [2.24, 2.45) is 0 Å². The van der Waals surface area contributed by atoms with Crippen LogP contribution in [0.1, 0.15) is 24.2 Å². The molecule has 0 unspecified atom stereocenters. The van der Waals surface area contributed by atoms with Gasteiger partial charge in [-0.15, -0.1) is 0 Å². The summed E-state index contributed by atoms with van der Waals surface area (Å²) in [5, 5.41) is 0. The average Bonchev–Trinajstić information content (AvgIpc) is 2.52. The number of benzene rings is 1. The zero-order valence-electron chi connectivity index (χ0n) is 13.9. The molecule has 2 amide bonds. The van der Waals surface area contributed by atoms with E-state index in [0.29, 0.717) is 24.3 Å². The Morgan fingerprint density at radius 1 is 1.09 bits per heavy atom. The number of Topliss-reactive ketones (excluding diaryl/α,β-unsaturated/α-hetero) is 1. The fraction of sp³-hybridized carbons (Fsp3) is 0.471. The van der Waals surface area contributed by atoms with E-state index in [2.05, 4.69) is 4.90 Å². The van der Waals surface area contributed by atoms with Gasteiger partial charge in [-0.1, -0.05) is 12.1 Å². The quantitative estimate of drug-likeness (QED) is 0.778. The summed E-state index contributed by atoms with van der Waals surface area (Å²) in [7, 11) is 2.02. The number of carbonyl (C=O) groups excluding carboxylic acids is 3. The van der Waals surface area contributed by atoms with Crippen molar-refractivity contribution >= 4 is 23.3 Å². The molecule has 6 heteroatoms. The summed E-state index contributed by atoms with van der Waals surface area (Å²) in [4.78, 5) is 41.3. The summed E-state index contributed by atoms with van der Waals surface area (Å²) >= 11 is 0. The maximum absolute atomic E-state index is 12.5. The van der Waals surface area contributed by atoms with Gasteiger partial charge in [-0.3, -0.25) is 14.4 Å². The number of likely N-dealkylation sites (N-methyl/N-ethyl adjacent to an activating group) is 1. The molecule has 0 spiro atoms. The zero-order chi connectivity index (χ0) is 17.0. The van der Waals surface area contributed by atoms with Crippen LogP contribution in [-0.2, 0) is 9.59 Å². The van der Waals surface area contributed by atoms with E-state index in [-0.39, 0.29) is 24.1 Å². The number of carbonyl (C=O) groups is 3. The molecule has 0 aliphatic carbocycles. The second-order valence-corrected chi connectivity index (χ2v) is 5.90. The van der Waals surface area contributed by atoms with Gasteiger partial charge in [0.15, 0.2) is 5.78 Å². The third-order valence-electron chi connectivity index (χ3n) is 4.09. The molecule has 0 aromatic heterocycles. The number of anilines is 1. The smallest absolute Gasteiger partial charge is 0.242 e. The minimum absolute atomic E-state index is 0.000402. The van der Waals surface area contributed by atoms with Crippen molar-refractivity contribution in [1.29, 1.82) is 0 Å². The van der Waals surface area contributed by atoms with Gasteiger partial charge in [0.05, 0.1) is 0 Å². The summed E-state index contributed by atoms with van der Waals surface area (Å²) < 4.78 is 0. The van der Waals surface area contributed by atoms with Crippen molar-refractivity contribution in [2.45, 2.75) is 13.8 Å². The first kappa shape index (κ1) is 17.1. The maximum atomic E-state index is 12.5. The molecular formula is C17H23N3O3. The summed E-state index contributed by atoms with van der Waals surface area (Å²) in [6.07, 6.45) is 0. The zero-order valence-corrected chi connectivity index (χ0v) is 13.9. The molecule has 0 atom stereocenters. The van der Waals surface area contributed by atoms with Gasteiger partial charge in [0.1, 0.15) is 6.54 Å². The van der Waals surface area contributed by atoms with Crippen LogP contribution in [0.3, 0.4) is 0 Å². The summed E-state index contributed by atoms with van der Waals surface area (Å²) in [6.45, 7) is 5.94. The summed E-state index contributed by atoms with van der Waals surface area (Å²) in [5.41, 5.74) is 1.11. The van der Waals surface area contributed by atoms with E-state index in [4.69, 9.17) is 0 Å². The van der Waals surface area contributed by atoms with Crippen molar-refractivity contribution < 1.29 is 14.4 Å². The monoisotopic (exact) mass is 317 g/mol. The molecule has 1 aliphatic rings. The molecular weight excluding hydrogens is 294 g/mol. The van der Waals surface area contributed by atoms with Crippen molar-refractivity contribution in [1.82, 2.24) is 9.80 Å². The molecule has 2 rings (SSSR count). The third kappa shape index (κ3) is 4.39. The standard InChI is InChI=1S/C17H23N3O3/c1-13(21)15-5-4-6-16(11-15)20(14(2)22)12-17(23)19-9-7-18(3)8-10-19/h4-6,11H,7-10,12H2,1-3H3. The molecule has 0 bridgehead atoms. The van der Waals surface area contributed by atoms with Crippen molar-refractivity contribution in [3.05, 3.63) is 29.8 Å². The molecule has 0 saturated carbocycles. The van der Waals surface area contributed by atoms with E-state index in [1.807, 2.05) is 7.05 Å². The van der Waals surface area contributed by atoms with Crippen LogP contribution in [0.25, 0.3) is 0 Å². The molecule has 0 radical (unpaired) electrons. The molecule has 23 heavy (non-hydrogen) atoms. The van der Waals surface area contributed by atoms with Gasteiger partial charge in [0.2, 0.25) is 11.8 Å². The van der Waals surface area contributed by atoms with E-state index >= 15 is 0 Å². The minimum Gasteiger partial charge on any atom is -0.339 e. The van der Waals surface area contributed by atoms with E-state index in [1.165, 1.54) is 18.7 Å². The molecule has 1 fully saturated rings. The van der Waals surface area contributed by atoms with Crippen molar-refractivity contribution in [3.63, 3.8) is 0 Å². The second-order valence-electron chi connectivity index (χ2n) is 5.90. The van der Waals surface area contributed by atoms with Crippen LogP contribution in [0.5, 0.6) is 0 Å². The van der Waals surface area contributed by atoms with Crippen LogP contribution in [-0.4, -0.2) is 67.2 Å². The second kappa shape index (κ2) is 7.37. The molecule has 0 N–H and O–H groups in total. The lowest BCUT2D eigenvalue weighted by Crippen LogP contribution is -2.50. The Hall–Kier alpha value is -2.21. The summed E-state index contributed by atoms with van der Waals surface area (Å²) in [5.74, 6) is -0.351. The average molecular weight is 317 g/mol. The lowest BCUT2D eigenvalue weighted by Gasteiger charge is -2.33. The number of ketones is 1. The SMILES string of the molecule is CC(=O)c1cccc(N(CC(=O)N2CCN(C)CC2)C(C)=O)c1. The predicted molar refractivity (Wildman–Crippen MR) is 88.6 cm³/mol. The van der Waals surface area contributed by atoms with Gasteiger partial charge in [0, 0.05) is 44.4 Å². The van der Waals surface area contributed by atoms with E-state index in [9.17, 15) is 14.4 Å². The Morgan fingerprint density at radius 2 is 1.74 bits per heavy atom. The number of piperazine rings is 1. The Morgan fingerprint density at radius 3 is 2.30 bits per heavy atom. The van der Waals surface area contributed by atoms with Gasteiger partial charge in [-0.25, -0.2) is 0 Å². The molecule has 1 aromatic rings. The number of amides is 2. The first-order valence-electron chi connectivity index (χ1n) is 7.74. The minimum atomic E-state index is -0.215. The van der Waals surface area contributed by atoms with Gasteiger partial charge in [-0.05, 0) is 26.1 Å². The van der Waals surface area contributed by atoms with E-state index in [0.717, 1.165) is 13.1 Å². The fourth-order valence-electron chi connectivity index (χ4n) is 2.57. The highest BCUT2D eigenvalue weighted by Crippen LogP contribution is 2.17. The van der Waals surface area contributed by atoms with E-state index < -0.39 is 0 Å². The molecule has 1 aromatic carbocycles. The Labute approximate surface area is 136 Å². The maximum Gasteiger partial charge on any atom is 0.242 e. The highest BCUT2D eigenvalue weighted by Gasteiger charge is 2.23. The number of hydrogen-bond donors (Lipinski definition) is 0. The summed E-state index contributed by atoms with van der Waals surface area (Å²) in [6, 6.07) is 6.82. The third-order valence-corrected chi connectivity index (χ3v) is 4.09. The molecule has 124 valence electrons. The van der Waals surface area contributed by atoms with Crippen molar-refractivity contribution in [2.75, 3.05) is 44.7 Å².